The smallest absolute Gasteiger partial charge is 0.255 e. The van der Waals surface area contributed by atoms with Gasteiger partial charge >= 0.3 is 0 Å². The average molecular weight is 293 g/mol. The van der Waals surface area contributed by atoms with E-state index in [-0.39, 0.29) is 22.9 Å². The van der Waals surface area contributed by atoms with Gasteiger partial charge in [-0.15, -0.1) is 0 Å². The van der Waals surface area contributed by atoms with Gasteiger partial charge in [0.2, 0.25) is 0 Å². The number of carbonyl (C=O) groups is 1. The summed E-state index contributed by atoms with van der Waals surface area (Å²) in [6.45, 7) is 6.89. The lowest BCUT2D eigenvalue weighted by Gasteiger charge is -2.39. The molecule has 116 valence electrons. The number of pyridine rings is 1. The molecule has 1 fully saturated rings. The number of anilines is 1. The van der Waals surface area contributed by atoms with Crippen molar-refractivity contribution in [2.24, 2.45) is 5.41 Å². The van der Waals surface area contributed by atoms with Crippen molar-refractivity contribution in [3.8, 4) is 0 Å². The van der Waals surface area contributed by atoms with E-state index in [1.54, 1.807) is 0 Å². The maximum absolute atomic E-state index is 13.4. The zero-order valence-electron chi connectivity index (χ0n) is 13.0. The topological polar surface area (TPSA) is 54.0 Å². The van der Waals surface area contributed by atoms with Crippen molar-refractivity contribution in [2.45, 2.75) is 52.5 Å². The van der Waals surface area contributed by atoms with E-state index in [1.165, 1.54) is 12.5 Å². The predicted octanol–water partition coefficient (Wildman–Crippen LogP) is 3.35. The molecule has 1 aromatic rings. The second kappa shape index (κ2) is 6.41. The van der Waals surface area contributed by atoms with Gasteiger partial charge in [0.15, 0.2) is 0 Å². The molecule has 1 saturated carbocycles. The van der Waals surface area contributed by atoms with Crippen LogP contribution < -0.4 is 10.6 Å². The lowest BCUT2D eigenvalue weighted by atomic mass is 9.73. The van der Waals surface area contributed by atoms with Crippen molar-refractivity contribution >= 4 is 11.7 Å². The molecule has 0 aromatic carbocycles. The zero-order valence-corrected chi connectivity index (χ0v) is 13.0. The summed E-state index contributed by atoms with van der Waals surface area (Å²) >= 11 is 0. The molecule has 0 spiro atoms. The maximum Gasteiger partial charge on any atom is 0.255 e. The molecule has 0 aliphatic heterocycles. The van der Waals surface area contributed by atoms with E-state index < -0.39 is 5.82 Å². The van der Waals surface area contributed by atoms with Crippen LogP contribution in [0, 0.1) is 11.2 Å². The van der Waals surface area contributed by atoms with Gasteiger partial charge in [-0.25, -0.2) is 9.37 Å². The van der Waals surface area contributed by atoms with Crippen molar-refractivity contribution in [1.29, 1.82) is 0 Å². The molecular weight excluding hydrogens is 269 g/mol. The first kappa shape index (κ1) is 15.7. The number of rotatable bonds is 4. The van der Waals surface area contributed by atoms with Gasteiger partial charge in [0.1, 0.15) is 11.6 Å². The van der Waals surface area contributed by atoms with E-state index in [0.29, 0.717) is 12.4 Å². The third-order valence-corrected chi connectivity index (χ3v) is 4.26. The summed E-state index contributed by atoms with van der Waals surface area (Å²) in [6.07, 6.45) is 5.51. The minimum Gasteiger partial charge on any atom is -0.370 e. The molecule has 0 saturated heterocycles. The van der Waals surface area contributed by atoms with Gasteiger partial charge in [-0.3, -0.25) is 4.79 Å². The van der Waals surface area contributed by atoms with Crippen molar-refractivity contribution < 1.29 is 9.18 Å². The molecule has 0 radical (unpaired) electrons. The van der Waals surface area contributed by atoms with Crippen LogP contribution in [0.3, 0.4) is 0 Å². The minimum absolute atomic E-state index is 0.0764. The summed E-state index contributed by atoms with van der Waals surface area (Å²) in [4.78, 5) is 16.5. The molecule has 1 heterocycles. The van der Waals surface area contributed by atoms with Crippen LogP contribution in [0.15, 0.2) is 12.3 Å². The van der Waals surface area contributed by atoms with Crippen LogP contribution in [0.25, 0.3) is 0 Å². The fourth-order valence-corrected chi connectivity index (χ4v) is 2.92. The summed E-state index contributed by atoms with van der Waals surface area (Å²) in [5.74, 6) is -0.312. The summed E-state index contributed by atoms with van der Waals surface area (Å²) < 4.78 is 13.4. The number of halogens is 1. The third-order valence-electron chi connectivity index (χ3n) is 4.26. The number of aromatic nitrogens is 1. The van der Waals surface area contributed by atoms with E-state index in [9.17, 15) is 9.18 Å². The Morgan fingerprint density at radius 1 is 1.48 bits per heavy atom. The van der Waals surface area contributed by atoms with Gasteiger partial charge in [-0.05, 0) is 31.2 Å². The molecule has 2 N–H and O–H groups in total. The second-order valence-electron chi connectivity index (χ2n) is 6.34. The van der Waals surface area contributed by atoms with E-state index in [0.717, 1.165) is 25.5 Å². The monoisotopic (exact) mass is 293 g/mol. The summed E-state index contributed by atoms with van der Waals surface area (Å²) in [5, 5.41) is 6.07. The minimum atomic E-state index is -0.496. The maximum atomic E-state index is 13.4. The van der Waals surface area contributed by atoms with Crippen LogP contribution in [0.2, 0.25) is 0 Å². The third kappa shape index (κ3) is 3.71. The predicted molar refractivity (Wildman–Crippen MR) is 81.9 cm³/mol. The Balaban J connectivity index is 2.18. The summed E-state index contributed by atoms with van der Waals surface area (Å²) in [7, 11) is 0. The van der Waals surface area contributed by atoms with Crippen LogP contribution in [0.1, 0.15) is 56.8 Å². The van der Waals surface area contributed by atoms with Crippen LogP contribution >= 0.6 is 0 Å². The first-order chi connectivity index (χ1) is 9.94. The van der Waals surface area contributed by atoms with Gasteiger partial charge in [-0.1, -0.05) is 26.7 Å². The Hall–Kier alpha value is -1.65. The van der Waals surface area contributed by atoms with Crippen molar-refractivity contribution in [2.75, 3.05) is 11.9 Å². The molecule has 0 bridgehead atoms. The lowest BCUT2D eigenvalue weighted by molar-refractivity contribution is 0.0853. The molecule has 2 rings (SSSR count). The fourth-order valence-electron chi connectivity index (χ4n) is 2.92. The second-order valence-corrected chi connectivity index (χ2v) is 6.34. The Kier molecular flexibility index (Phi) is 4.80. The van der Waals surface area contributed by atoms with Crippen LogP contribution in [-0.2, 0) is 0 Å². The van der Waals surface area contributed by atoms with Gasteiger partial charge in [0, 0.05) is 12.6 Å². The average Bonchev–Trinajstić information content (AvgIpc) is 2.43. The van der Waals surface area contributed by atoms with Crippen molar-refractivity contribution in [1.82, 2.24) is 10.3 Å². The Bertz CT molecular complexity index is 516. The number of nitrogens with one attached hydrogen (secondary N) is 2. The molecule has 1 aliphatic rings. The van der Waals surface area contributed by atoms with Crippen LogP contribution in [0.4, 0.5) is 10.2 Å². The quantitative estimate of drug-likeness (QED) is 0.895. The fraction of sp³-hybridized carbons (Fsp3) is 0.625. The highest BCUT2D eigenvalue weighted by Crippen LogP contribution is 2.35. The molecular formula is C16H24FN3O. The van der Waals surface area contributed by atoms with E-state index in [2.05, 4.69) is 29.5 Å². The SMILES string of the molecule is CCNc1ncc(F)cc1C(=O)NC1CCCCC1(C)C. The normalized spacial score (nSPS) is 20.9. The van der Waals surface area contributed by atoms with Gasteiger partial charge in [0.25, 0.3) is 5.91 Å². The molecule has 1 unspecified atom stereocenters. The Labute approximate surface area is 125 Å². The first-order valence-electron chi connectivity index (χ1n) is 7.64. The molecule has 1 aliphatic carbocycles. The van der Waals surface area contributed by atoms with Gasteiger partial charge < -0.3 is 10.6 Å². The molecule has 21 heavy (non-hydrogen) atoms. The largest absolute Gasteiger partial charge is 0.370 e. The number of amides is 1. The van der Waals surface area contributed by atoms with E-state index in [4.69, 9.17) is 0 Å². The standard InChI is InChI=1S/C16H24FN3O/c1-4-18-14-12(9-11(17)10-19-14)15(21)20-13-7-5-6-8-16(13,2)3/h9-10,13H,4-8H2,1-3H3,(H,18,19)(H,20,21). The molecule has 4 nitrogen and oxygen atoms in total. The Morgan fingerprint density at radius 3 is 2.90 bits per heavy atom. The van der Waals surface area contributed by atoms with Gasteiger partial charge in [-0.2, -0.15) is 0 Å². The number of nitrogens with zero attached hydrogens (tertiary/aromatic N) is 1. The van der Waals surface area contributed by atoms with Crippen LogP contribution in [0.5, 0.6) is 0 Å². The first-order valence-corrected chi connectivity index (χ1v) is 7.64. The number of carbonyl (C=O) groups excluding carboxylic acids is 1. The number of hydrogen-bond acceptors (Lipinski definition) is 3. The highest BCUT2D eigenvalue weighted by molar-refractivity contribution is 5.98. The van der Waals surface area contributed by atoms with Crippen LogP contribution in [-0.4, -0.2) is 23.5 Å². The van der Waals surface area contributed by atoms with E-state index in [1.807, 2.05) is 6.92 Å². The van der Waals surface area contributed by atoms with E-state index >= 15 is 0 Å². The summed E-state index contributed by atoms with van der Waals surface area (Å²) in [5.41, 5.74) is 0.353. The van der Waals surface area contributed by atoms with Crippen molar-refractivity contribution in [3.63, 3.8) is 0 Å². The Morgan fingerprint density at radius 2 is 2.24 bits per heavy atom. The molecule has 5 heteroatoms. The molecule has 1 atom stereocenters. The summed E-state index contributed by atoms with van der Waals surface area (Å²) in [6, 6.07) is 1.37. The van der Waals surface area contributed by atoms with Crippen molar-refractivity contribution in [3.05, 3.63) is 23.6 Å². The lowest BCUT2D eigenvalue weighted by Crippen LogP contribution is -2.47. The number of hydrogen-bond donors (Lipinski definition) is 2. The molecule has 1 amide bonds. The molecule has 1 aromatic heterocycles. The highest BCUT2D eigenvalue weighted by atomic mass is 19.1. The highest BCUT2D eigenvalue weighted by Gasteiger charge is 2.33. The van der Waals surface area contributed by atoms with Gasteiger partial charge in [0.05, 0.1) is 11.8 Å². The zero-order chi connectivity index (χ0) is 15.5.